The molecular weight excluding hydrogens is 344 g/mol. The summed E-state index contributed by atoms with van der Waals surface area (Å²) >= 11 is 0. The number of nitrogens with one attached hydrogen (secondary N) is 3. The Labute approximate surface area is 160 Å². The van der Waals surface area contributed by atoms with Crippen molar-refractivity contribution in [2.45, 2.75) is 51.0 Å². The molecule has 1 aromatic rings. The minimum atomic E-state index is -0.933. The lowest BCUT2D eigenvalue weighted by Gasteiger charge is -2.32. The average molecular weight is 372 g/mol. The van der Waals surface area contributed by atoms with Crippen molar-refractivity contribution in [3.8, 4) is 5.75 Å². The zero-order chi connectivity index (χ0) is 19.4. The van der Waals surface area contributed by atoms with Gasteiger partial charge >= 0.3 is 0 Å². The van der Waals surface area contributed by atoms with E-state index in [1.165, 1.54) is 31.1 Å². The van der Waals surface area contributed by atoms with Crippen LogP contribution in [0.5, 0.6) is 5.75 Å². The fourth-order valence-electron chi connectivity index (χ4n) is 4.05. The number of nitrogens with zero attached hydrogens (tertiary/aromatic N) is 1. The first-order valence-electron chi connectivity index (χ1n) is 9.55. The van der Waals surface area contributed by atoms with Crippen LogP contribution in [0.25, 0.3) is 0 Å². The molecule has 7 nitrogen and oxygen atoms in total. The van der Waals surface area contributed by atoms with E-state index in [0.717, 1.165) is 12.8 Å². The molecule has 0 spiro atoms. The number of para-hydroxylation sites is 2. The van der Waals surface area contributed by atoms with Crippen LogP contribution in [0, 0.1) is 11.3 Å². The number of ether oxygens (including phenoxy) is 1. The number of rotatable bonds is 6. The van der Waals surface area contributed by atoms with Gasteiger partial charge in [0, 0.05) is 14.0 Å². The number of anilines is 1. The molecule has 1 saturated carbocycles. The van der Waals surface area contributed by atoms with Gasteiger partial charge in [-0.15, -0.1) is 0 Å². The first-order valence-corrected chi connectivity index (χ1v) is 9.55. The average Bonchev–Trinajstić information content (AvgIpc) is 2.85. The first kappa shape index (κ1) is 19.2. The van der Waals surface area contributed by atoms with Gasteiger partial charge in [0.25, 0.3) is 5.91 Å². The zero-order valence-corrected chi connectivity index (χ0v) is 16.0. The highest BCUT2D eigenvalue weighted by molar-refractivity contribution is 6.07. The second-order valence-corrected chi connectivity index (χ2v) is 7.59. The summed E-state index contributed by atoms with van der Waals surface area (Å²) in [5.41, 5.74) is -0.358. The summed E-state index contributed by atoms with van der Waals surface area (Å²) in [6.07, 6.45) is 6.50. The van der Waals surface area contributed by atoms with Gasteiger partial charge in [0.1, 0.15) is 12.4 Å². The Morgan fingerprint density at radius 1 is 1.33 bits per heavy atom. The zero-order valence-electron chi connectivity index (χ0n) is 16.0. The van der Waals surface area contributed by atoms with Gasteiger partial charge in [0.2, 0.25) is 5.91 Å². The van der Waals surface area contributed by atoms with Gasteiger partial charge in [-0.3, -0.25) is 19.9 Å². The maximum atomic E-state index is 13.0. The molecule has 3 rings (SSSR count). The van der Waals surface area contributed by atoms with Crippen LogP contribution in [0.4, 0.5) is 5.69 Å². The van der Waals surface area contributed by atoms with Crippen LogP contribution >= 0.6 is 0 Å². The highest BCUT2D eigenvalue weighted by Crippen LogP contribution is 2.34. The lowest BCUT2D eigenvalue weighted by molar-refractivity contribution is -0.132. The van der Waals surface area contributed by atoms with Crippen molar-refractivity contribution in [1.82, 2.24) is 10.2 Å². The molecule has 1 unspecified atom stereocenters. The van der Waals surface area contributed by atoms with Crippen molar-refractivity contribution in [3.63, 3.8) is 0 Å². The normalized spacial score (nSPS) is 23.3. The van der Waals surface area contributed by atoms with Gasteiger partial charge in [-0.25, -0.2) is 0 Å². The van der Waals surface area contributed by atoms with Crippen LogP contribution in [0.15, 0.2) is 24.3 Å². The molecule has 7 heteroatoms. The molecular formula is C20H28N4O3. The predicted octanol–water partition coefficient (Wildman–Crippen LogP) is 2.73. The van der Waals surface area contributed by atoms with E-state index in [0.29, 0.717) is 23.8 Å². The lowest BCUT2D eigenvalue weighted by Crippen LogP contribution is -2.53. The van der Waals surface area contributed by atoms with Crippen molar-refractivity contribution >= 4 is 23.5 Å². The van der Waals surface area contributed by atoms with Crippen LogP contribution in [0.2, 0.25) is 0 Å². The Morgan fingerprint density at radius 2 is 2.04 bits per heavy atom. The Kier molecular flexibility index (Phi) is 5.68. The Balaban J connectivity index is 1.79. The summed E-state index contributed by atoms with van der Waals surface area (Å²) in [5.74, 6) is 0.763. The minimum absolute atomic E-state index is 0.106. The molecule has 1 aliphatic heterocycles. The number of guanidine groups is 1. The second kappa shape index (κ2) is 7.98. The van der Waals surface area contributed by atoms with Gasteiger partial charge in [-0.1, -0.05) is 44.2 Å². The van der Waals surface area contributed by atoms with E-state index < -0.39 is 5.54 Å². The Morgan fingerprint density at radius 3 is 2.67 bits per heavy atom. The molecule has 146 valence electrons. The van der Waals surface area contributed by atoms with Crippen LogP contribution in [0.1, 0.15) is 45.4 Å². The SMILES string of the molecule is CC(=O)Nc1ccccc1OCC1(CC2CCCCC2)NC(=N)N(C)C1=O. The Bertz CT molecular complexity index is 730. The highest BCUT2D eigenvalue weighted by atomic mass is 16.5. The number of carbonyl (C=O) groups excluding carboxylic acids is 2. The lowest BCUT2D eigenvalue weighted by atomic mass is 9.79. The molecule has 2 aliphatic rings. The van der Waals surface area contributed by atoms with E-state index in [1.54, 1.807) is 19.2 Å². The second-order valence-electron chi connectivity index (χ2n) is 7.59. The van der Waals surface area contributed by atoms with Gasteiger partial charge in [0.05, 0.1) is 5.69 Å². The topological polar surface area (TPSA) is 94.5 Å². The van der Waals surface area contributed by atoms with Crippen molar-refractivity contribution < 1.29 is 14.3 Å². The van der Waals surface area contributed by atoms with Crippen LogP contribution in [-0.4, -0.2) is 41.9 Å². The van der Waals surface area contributed by atoms with E-state index in [-0.39, 0.29) is 24.4 Å². The number of amides is 2. The molecule has 1 atom stereocenters. The van der Waals surface area contributed by atoms with Crippen LogP contribution in [-0.2, 0) is 9.59 Å². The summed E-state index contributed by atoms with van der Waals surface area (Å²) in [7, 11) is 1.62. The van der Waals surface area contributed by atoms with E-state index in [2.05, 4.69) is 10.6 Å². The van der Waals surface area contributed by atoms with E-state index in [1.807, 2.05) is 12.1 Å². The molecule has 3 N–H and O–H groups in total. The number of benzene rings is 1. The van der Waals surface area contributed by atoms with Gasteiger partial charge in [0.15, 0.2) is 11.5 Å². The monoisotopic (exact) mass is 372 g/mol. The third-order valence-corrected chi connectivity index (χ3v) is 5.44. The largest absolute Gasteiger partial charge is 0.488 e. The van der Waals surface area contributed by atoms with Crippen molar-refractivity contribution in [3.05, 3.63) is 24.3 Å². The van der Waals surface area contributed by atoms with Gasteiger partial charge in [-0.05, 0) is 24.5 Å². The fourth-order valence-corrected chi connectivity index (χ4v) is 4.05. The Hall–Kier alpha value is -2.57. The van der Waals surface area contributed by atoms with E-state index >= 15 is 0 Å². The van der Waals surface area contributed by atoms with Crippen molar-refractivity contribution in [2.75, 3.05) is 19.0 Å². The summed E-state index contributed by atoms with van der Waals surface area (Å²) in [6.45, 7) is 1.56. The highest BCUT2D eigenvalue weighted by Gasteiger charge is 2.50. The molecule has 27 heavy (non-hydrogen) atoms. The minimum Gasteiger partial charge on any atom is -0.488 e. The summed E-state index contributed by atoms with van der Waals surface area (Å²) in [5, 5.41) is 13.9. The molecule has 2 amide bonds. The summed E-state index contributed by atoms with van der Waals surface area (Å²) in [6, 6.07) is 7.18. The third kappa shape index (κ3) is 4.23. The molecule has 1 aliphatic carbocycles. The number of likely N-dealkylation sites (N-methyl/N-ethyl adjacent to an activating group) is 1. The number of hydrogen-bond donors (Lipinski definition) is 3. The molecule has 1 saturated heterocycles. The first-order chi connectivity index (χ1) is 12.9. The summed E-state index contributed by atoms with van der Waals surface area (Å²) < 4.78 is 6.01. The molecule has 0 aromatic heterocycles. The third-order valence-electron chi connectivity index (χ3n) is 5.44. The predicted molar refractivity (Wildman–Crippen MR) is 104 cm³/mol. The molecule has 0 bridgehead atoms. The van der Waals surface area contributed by atoms with Crippen LogP contribution in [0.3, 0.4) is 0 Å². The van der Waals surface area contributed by atoms with Crippen molar-refractivity contribution in [1.29, 1.82) is 5.41 Å². The fraction of sp³-hybridized carbons (Fsp3) is 0.550. The van der Waals surface area contributed by atoms with E-state index in [4.69, 9.17) is 10.1 Å². The van der Waals surface area contributed by atoms with Gasteiger partial charge in [-0.2, -0.15) is 0 Å². The quantitative estimate of drug-likeness (QED) is 0.716. The molecule has 1 aromatic carbocycles. The molecule has 1 heterocycles. The van der Waals surface area contributed by atoms with Crippen LogP contribution < -0.4 is 15.4 Å². The standard InChI is InChI=1S/C20H28N4O3/c1-14(25)22-16-10-6-7-11-17(16)27-13-20(12-15-8-4-3-5-9-15)18(26)24(2)19(21)23-20/h6-7,10-11,15H,3-5,8-9,12-13H2,1-2H3,(H2,21,23)(H,22,25). The maximum absolute atomic E-state index is 13.0. The smallest absolute Gasteiger partial charge is 0.258 e. The number of hydrogen-bond acceptors (Lipinski definition) is 4. The van der Waals surface area contributed by atoms with Gasteiger partial charge < -0.3 is 15.4 Å². The molecule has 0 radical (unpaired) electrons. The number of carbonyl (C=O) groups is 2. The molecule has 2 fully saturated rings. The van der Waals surface area contributed by atoms with E-state index in [9.17, 15) is 9.59 Å². The summed E-state index contributed by atoms with van der Waals surface area (Å²) in [4.78, 5) is 25.7. The maximum Gasteiger partial charge on any atom is 0.258 e. The van der Waals surface area contributed by atoms with Crippen molar-refractivity contribution in [2.24, 2.45) is 5.92 Å².